The summed E-state index contributed by atoms with van der Waals surface area (Å²) in [6, 6.07) is 6.21. The number of fused-ring (bicyclic) bond motifs is 2. The minimum absolute atomic E-state index is 0.103. The molecule has 0 heterocycles. The zero-order chi connectivity index (χ0) is 15.0. The second kappa shape index (κ2) is 5.68. The lowest BCUT2D eigenvalue weighted by molar-refractivity contribution is -0.144. The third-order valence-corrected chi connectivity index (χ3v) is 5.17. The third-order valence-electron chi connectivity index (χ3n) is 5.17. The number of carbonyl (C=O) groups is 1. The highest BCUT2D eigenvalue weighted by atomic mass is 16.5. The summed E-state index contributed by atoms with van der Waals surface area (Å²) in [6.45, 7) is 2.73. The molecule has 0 saturated heterocycles. The van der Waals surface area contributed by atoms with E-state index in [4.69, 9.17) is 4.74 Å². The predicted molar refractivity (Wildman–Crippen MR) is 80.3 cm³/mol. The van der Waals surface area contributed by atoms with Crippen molar-refractivity contribution >= 4 is 5.97 Å². The molecule has 2 fully saturated rings. The van der Waals surface area contributed by atoms with Crippen LogP contribution in [0.1, 0.15) is 30.4 Å². The molecule has 2 aliphatic rings. The number of aliphatic carboxylic acids is 1. The van der Waals surface area contributed by atoms with Gasteiger partial charge in [0.25, 0.3) is 0 Å². The van der Waals surface area contributed by atoms with Crippen molar-refractivity contribution in [1.82, 2.24) is 5.32 Å². The second-order valence-corrected chi connectivity index (χ2v) is 6.42. The minimum Gasteiger partial charge on any atom is -0.496 e. The van der Waals surface area contributed by atoms with Gasteiger partial charge in [-0.15, -0.1) is 0 Å². The predicted octanol–water partition coefficient (Wildman–Crippen LogP) is 2.59. The van der Waals surface area contributed by atoms with Crippen LogP contribution in [0.4, 0.5) is 0 Å². The van der Waals surface area contributed by atoms with E-state index in [1.807, 2.05) is 12.1 Å². The molecule has 114 valence electrons. The van der Waals surface area contributed by atoms with Crippen molar-refractivity contribution in [1.29, 1.82) is 0 Å². The Morgan fingerprint density at radius 1 is 1.38 bits per heavy atom. The lowest BCUT2D eigenvalue weighted by atomic mass is 9.84. The number of rotatable bonds is 5. The summed E-state index contributed by atoms with van der Waals surface area (Å²) in [5.41, 5.74) is 2.29. The van der Waals surface area contributed by atoms with Crippen molar-refractivity contribution < 1.29 is 14.6 Å². The van der Waals surface area contributed by atoms with Crippen molar-refractivity contribution in [3.63, 3.8) is 0 Å². The van der Waals surface area contributed by atoms with Gasteiger partial charge in [-0.05, 0) is 44.1 Å². The van der Waals surface area contributed by atoms with Crippen molar-refractivity contribution in [2.75, 3.05) is 7.11 Å². The summed E-state index contributed by atoms with van der Waals surface area (Å²) >= 11 is 0. The molecule has 4 nitrogen and oxygen atoms in total. The molecule has 4 heteroatoms. The van der Waals surface area contributed by atoms with Gasteiger partial charge in [-0.2, -0.15) is 0 Å². The molecule has 2 aliphatic carbocycles. The van der Waals surface area contributed by atoms with E-state index in [2.05, 4.69) is 18.3 Å². The van der Waals surface area contributed by atoms with E-state index in [1.54, 1.807) is 7.11 Å². The van der Waals surface area contributed by atoms with Gasteiger partial charge in [-0.3, -0.25) is 4.79 Å². The Bertz CT molecular complexity index is 543. The smallest absolute Gasteiger partial charge is 0.308 e. The fraction of sp³-hybridized carbons (Fsp3) is 0.588. The molecule has 2 N–H and O–H groups in total. The highest BCUT2D eigenvalue weighted by molar-refractivity contribution is 5.72. The minimum atomic E-state index is -0.643. The van der Waals surface area contributed by atoms with Crippen LogP contribution in [0.15, 0.2) is 18.2 Å². The number of benzene rings is 1. The number of carboxylic acids is 1. The van der Waals surface area contributed by atoms with Gasteiger partial charge < -0.3 is 15.2 Å². The molecule has 3 rings (SSSR count). The Kier molecular flexibility index (Phi) is 3.89. The number of hydrogen-bond donors (Lipinski definition) is 2. The molecule has 0 aromatic heterocycles. The van der Waals surface area contributed by atoms with Gasteiger partial charge in [0, 0.05) is 18.2 Å². The third kappa shape index (κ3) is 2.64. The number of aryl methyl sites for hydroxylation is 1. The zero-order valence-electron chi connectivity index (χ0n) is 12.6. The van der Waals surface area contributed by atoms with Gasteiger partial charge >= 0.3 is 5.97 Å². The Labute approximate surface area is 125 Å². The summed E-state index contributed by atoms with van der Waals surface area (Å²) < 4.78 is 5.40. The number of hydrogen-bond acceptors (Lipinski definition) is 3. The molecule has 4 atom stereocenters. The van der Waals surface area contributed by atoms with E-state index < -0.39 is 5.97 Å². The molecule has 1 aromatic carbocycles. The van der Waals surface area contributed by atoms with E-state index in [-0.39, 0.29) is 12.0 Å². The van der Waals surface area contributed by atoms with Crippen LogP contribution in [0.5, 0.6) is 5.75 Å². The van der Waals surface area contributed by atoms with Gasteiger partial charge in [-0.25, -0.2) is 0 Å². The van der Waals surface area contributed by atoms with Gasteiger partial charge in [-0.1, -0.05) is 17.7 Å². The van der Waals surface area contributed by atoms with E-state index in [0.717, 1.165) is 30.6 Å². The van der Waals surface area contributed by atoms with E-state index in [9.17, 15) is 9.90 Å². The average Bonchev–Trinajstić information content (AvgIpc) is 3.05. The maximum Gasteiger partial charge on any atom is 0.308 e. The summed E-state index contributed by atoms with van der Waals surface area (Å²) in [6.07, 6.45) is 3.31. The molecule has 0 amide bonds. The largest absolute Gasteiger partial charge is 0.496 e. The molecule has 21 heavy (non-hydrogen) atoms. The lowest BCUT2D eigenvalue weighted by Gasteiger charge is -2.29. The van der Waals surface area contributed by atoms with Crippen LogP contribution in [-0.2, 0) is 11.3 Å². The van der Waals surface area contributed by atoms with Crippen molar-refractivity contribution in [2.45, 2.75) is 38.8 Å². The van der Waals surface area contributed by atoms with Crippen LogP contribution >= 0.6 is 0 Å². The van der Waals surface area contributed by atoms with Crippen LogP contribution in [0.2, 0.25) is 0 Å². The van der Waals surface area contributed by atoms with Gasteiger partial charge in [0.05, 0.1) is 13.0 Å². The molecule has 2 bridgehead atoms. The van der Waals surface area contributed by atoms with E-state index in [1.165, 1.54) is 5.56 Å². The summed E-state index contributed by atoms with van der Waals surface area (Å²) in [5, 5.41) is 13.0. The zero-order valence-corrected chi connectivity index (χ0v) is 12.6. The van der Waals surface area contributed by atoms with Gasteiger partial charge in [0.15, 0.2) is 0 Å². The average molecular weight is 289 g/mol. The maximum absolute atomic E-state index is 11.5. The van der Waals surface area contributed by atoms with Gasteiger partial charge in [0.2, 0.25) is 0 Å². The molecule has 0 spiro atoms. The van der Waals surface area contributed by atoms with Crippen LogP contribution in [0.3, 0.4) is 0 Å². The Balaban J connectivity index is 1.72. The van der Waals surface area contributed by atoms with Crippen molar-refractivity contribution in [3.8, 4) is 5.75 Å². The normalized spacial score (nSPS) is 30.6. The Morgan fingerprint density at radius 2 is 2.14 bits per heavy atom. The summed E-state index contributed by atoms with van der Waals surface area (Å²) in [5.74, 6) is 0.884. The number of methoxy groups -OCH3 is 1. The standard InChI is InChI=1S/C17H23NO3/c1-10-3-6-14(21-2)13(7-10)9-18-16-12-5-4-11(8-12)15(16)17(19)20/h3,6-7,11-12,15-16,18H,4-5,8-9H2,1-2H3,(H,19,20). The fourth-order valence-corrected chi connectivity index (χ4v) is 4.21. The molecule has 4 unspecified atom stereocenters. The number of nitrogens with one attached hydrogen (secondary N) is 1. The lowest BCUT2D eigenvalue weighted by Crippen LogP contribution is -2.43. The number of ether oxygens (including phenoxy) is 1. The first-order chi connectivity index (χ1) is 10.1. The molecule has 0 aliphatic heterocycles. The van der Waals surface area contributed by atoms with E-state index in [0.29, 0.717) is 18.4 Å². The highest BCUT2D eigenvalue weighted by Crippen LogP contribution is 2.48. The second-order valence-electron chi connectivity index (χ2n) is 6.42. The first kappa shape index (κ1) is 14.4. The molecule has 0 radical (unpaired) electrons. The first-order valence-electron chi connectivity index (χ1n) is 7.70. The fourth-order valence-electron chi connectivity index (χ4n) is 4.21. The monoisotopic (exact) mass is 289 g/mol. The van der Waals surface area contributed by atoms with Gasteiger partial charge in [0.1, 0.15) is 5.75 Å². The highest BCUT2D eigenvalue weighted by Gasteiger charge is 2.50. The SMILES string of the molecule is COc1ccc(C)cc1CNC1C2CCC(C2)C1C(=O)O. The van der Waals surface area contributed by atoms with E-state index >= 15 is 0 Å². The number of carboxylic acid groups (broad SMARTS) is 1. The van der Waals surface area contributed by atoms with Crippen LogP contribution in [-0.4, -0.2) is 24.2 Å². The van der Waals surface area contributed by atoms with Crippen LogP contribution in [0, 0.1) is 24.7 Å². The quantitative estimate of drug-likeness (QED) is 0.875. The van der Waals surface area contributed by atoms with Crippen molar-refractivity contribution in [3.05, 3.63) is 29.3 Å². The molecule has 2 saturated carbocycles. The Hall–Kier alpha value is -1.55. The Morgan fingerprint density at radius 3 is 2.86 bits per heavy atom. The molecule has 1 aromatic rings. The van der Waals surface area contributed by atoms with Crippen molar-refractivity contribution in [2.24, 2.45) is 17.8 Å². The van der Waals surface area contributed by atoms with Crippen LogP contribution < -0.4 is 10.1 Å². The molecular weight excluding hydrogens is 266 g/mol. The maximum atomic E-state index is 11.5. The summed E-state index contributed by atoms with van der Waals surface area (Å²) in [4.78, 5) is 11.5. The topological polar surface area (TPSA) is 58.6 Å². The first-order valence-corrected chi connectivity index (χ1v) is 7.70. The summed E-state index contributed by atoms with van der Waals surface area (Å²) in [7, 11) is 1.67. The molecular formula is C17H23NO3. The van der Waals surface area contributed by atoms with Crippen LogP contribution in [0.25, 0.3) is 0 Å².